The Bertz CT molecular complexity index is 485. The van der Waals surface area contributed by atoms with E-state index in [2.05, 4.69) is 50.0 Å². The highest BCUT2D eigenvalue weighted by atomic mass is 32.1. The number of aryl methyl sites for hydroxylation is 2. The number of benzene rings is 1. The number of rotatable bonds is 4. The quantitative estimate of drug-likeness (QED) is 0.914. The zero-order chi connectivity index (χ0) is 13.1. The first-order chi connectivity index (χ1) is 8.58. The van der Waals surface area contributed by atoms with Gasteiger partial charge < -0.3 is 5.73 Å². The van der Waals surface area contributed by atoms with Gasteiger partial charge in [-0.15, -0.1) is 11.3 Å². The second-order valence-corrected chi connectivity index (χ2v) is 6.10. The van der Waals surface area contributed by atoms with E-state index in [0.29, 0.717) is 5.92 Å². The molecule has 0 saturated carbocycles. The number of nitrogens with zero attached hydrogens (tertiary/aromatic N) is 1. The first kappa shape index (κ1) is 13.2. The Morgan fingerprint density at radius 2 is 1.89 bits per heavy atom. The van der Waals surface area contributed by atoms with Crippen molar-refractivity contribution in [3.05, 3.63) is 51.5 Å². The van der Waals surface area contributed by atoms with E-state index >= 15 is 0 Å². The maximum absolute atomic E-state index is 6.31. The van der Waals surface area contributed by atoms with Crippen molar-refractivity contribution in [2.75, 3.05) is 0 Å². The van der Waals surface area contributed by atoms with Gasteiger partial charge >= 0.3 is 0 Å². The molecule has 0 saturated heterocycles. The van der Waals surface area contributed by atoms with Gasteiger partial charge in [0.1, 0.15) is 0 Å². The smallest absolute Gasteiger partial charge is 0.0946 e. The van der Waals surface area contributed by atoms with Crippen LogP contribution < -0.4 is 5.73 Å². The van der Waals surface area contributed by atoms with E-state index in [9.17, 15) is 0 Å². The molecule has 0 aliphatic carbocycles. The van der Waals surface area contributed by atoms with Crippen LogP contribution in [0.3, 0.4) is 0 Å². The van der Waals surface area contributed by atoms with Gasteiger partial charge in [-0.25, -0.2) is 4.98 Å². The van der Waals surface area contributed by atoms with E-state index in [1.807, 2.05) is 6.07 Å². The fourth-order valence-corrected chi connectivity index (χ4v) is 3.01. The van der Waals surface area contributed by atoms with Gasteiger partial charge in [0.05, 0.1) is 10.7 Å². The van der Waals surface area contributed by atoms with Crippen LogP contribution in [0.25, 0.3) is 0 Å². The zero-order valence-electron chi connectivity index (χ0n) is 11.2. The van der Waals surface area contributed by atoms with Crippen LogP contribution in [0.15, 0.2) is 30.3 Å². The number of aromatic nitrogens is 1. The molecule has 2 rings (SSSR count). The van der Waals surface area contributed by atoms with Crippen molar-refractivity contribution in [2.24, 2.45) is 5.73 Å². The van der Waals surface area contributed by atoms with Crippen molar-refractivity contribution < 1.29 is 0 Å². The van der Waals surface area contributed by atoms with E-state index in [1.165, 1.54) is 10.4 Å². The number of nitrogens with two attached hydrogens (primary N) is 1. The van der Waals surface area contributed by atoms with Crippen molar-refractivity contribution in [2.45, 2.75) is 39.2 Å². The summed E-state index contributed by atoms with van der Waals surface area (Å²) in [6.07, 6.45) is 0.857. The molecular weight excluding hydrogens is 240 g/mol. The topological polar surface area (TPSA) is 38.9 Å². The van der Waals surface area contributed by atoms with Gasteiger partial charge in [0.25, 0.3) is 0 Å². The molecule has 18 heavy (non-hydrogen) atoms. The minimum Gasteiger partial charge on any atom is -0.327 e. The van der Waals surface area contributed by atoms with Crippen LogP contribution in [0.2, 0.25) is 0 Å². The molecule has 0 fully saturated rings. The summed E-state index contributed by atoms with van der Waals surface area (Å²) in [5.41, 5.74) is 8.74. The summed E-state index contributed by atoms with van der Waals surface area (Å²) in [5.74, 6) is 0.357. The highest BCUT2D eigenvalue weighted by Gasteiger charge is 2.17. The maximum Gasteiger partial charge on any atom is 0.0946 e. The molecule has 2 N–H and O–H groups in total. The monoisotopic (exact) mass is 260 g/mol. The molecule has 2 atom stereocenters. The van der Waals surface area contributed by atoms with E-state index in [-0.39, 0.29) is 6.04 Å². The van der Waals surface area contributed by atoms with Crippen LogP contribution in [0.5, 0.6) is 0 Å². The Labute approximate surface area is 113 Å². The normalized spacial score (nSPS) is 14.4. The van der Waals surface area contributed by atoms with Crippen molar-refractivity contribution in [1.29, 1.82) is 0 Å². The van der Waals surface area contributed by atoms with Gasteiger partial charge in [0, 0.05) is 17.3 Å². The lowest BCUT2D eigenvalue weighted by molar-refractivity contribution is 0.562. The van der Waals surface area contributed by atoms with Crippen LogP contribution in [-0.2, 0) is 6.42 Å². The summed E-state index contributed by atoms with van der Waals surface area (Å²) in [6.45, 7) is 6.36. The molecule has 1 aromatic carbocycles. The lowest BCUT2D eigenvalue weighted by Crippen LogP contribution is -2.29. The predicted octanol–water partition coefficient (Wildman–Crippen LogP) is 3.43. The van der Waals surface area contributed by atoms with E-state index in [1.54, 1.807) is 11.3 Å². The molecule has 1 heterocycles. The lowest BCUT2D eigenvalue weighted by Gasteiger charge is -2.19. The summed E-state index contributed by atoms with van der Waals surface area (Å²) in [6, 6.07) is 10.6. The average Bonchev–Trinajstić information content (AvgIpc) is 2.68. The molecule has 0 radical (unpaired) electrons. The van der Waals surface area contributed by atoms with Gasteiger partial charge in [0.2, 0.25) is 0 Å². The average molecular weight is 260 g/mol. The molecule has 0 spiro atoms. The minimum atomic E-state index is 0.123. The fourth-order valence-electron chi connectivity index (χ4n) is 2.01. The highest BCUT2D eigenvalue weighted by molar-refractivity contribution is 7.11. The van der Waals surface area contributed by atoms with Gasteiger partial charge in [-0.2, -0.15) is 0 Å². The number of thiazole rings is 1. The third-order valence-electron chi connectivity index (χ3n) is 3.45. The molecule has 2 aromatic rings. The van der Waals surface area contributed by atoms with E-state index in [4.69, 9.17) is 5.73 Å². The van der Waals surface area contributed by atoms with Crippen LogP contribution >= 0.6 is 11.3 Å². The lowest BCUT2D eigenvalue weighted by atomic mass is 9.92. The third kappa shape index (κ3) is 2.98. The first-order valence-corrected chi connectivity index (χ1v) is 7.13. The Morgan fingerprint density at radius 1 is 1.22 bits per heavy atom. The second-order valence-electron chi connectivity index (χ2n) is 4.82. The molecule has 0 aliphatic rings. The van der Waals surface area contributed by atoms with Gasteiger partial charge in [-0.3, -0.25) is 0 Å². The van der Waals surface area contributed by atoms with Crippen LogP contribution in [-0.4, -0.2) is 11.0 Å². The molecule has 96 valence electrons. The Kier molecular flexibility index (Phi) is 4.15. The molecule has 2 unspecified atom stereocenters. The summed E-state index contributed by atoms with van der Waals surface area (Å²) in [5, 5.41) is 1.15. The summed E-state index contributed by atoms with van der Waals surface area (Å²) in [4.78, 5) is 5.86. The number of hydrogen-bond donors (Lipinski definition) is 1. The SMILES string of the molecule is Cc1nc(CC(N)C(C)c2ccccc2)sc1C. The second kappa shape index (κ2) is 5.63. The molecule has 3 heteroatoms. The molecule has 0 amide bonds. The Morgan fingerprint density at radius 3 is 2.44 bits per heavy atom. The molecule has 1 aromatic heterocycles. The number of hydrogen-bond acceptors (Lipinski definition) is 3. The Hall–Kier alpha value is -1.19. The van der Waals surface area contributed by atoms with Gasteiger partial charge in [-0.1, -0.05) is 37.3 Å². The molecule has 0 bridgehead atoms. The standard InChI is InChI=1S/C15H20N2S/c1-10(13-7-5-4-6-8-13)14(16)9-15-17-11(2)12(3)18-15/h4-8,10,14H,9,16H2,1-3H3. The molecular formula is C15H20N2S. The third-order valence-corrected chi connectivity index (χ3v) is 4.55. The highest BCUT2D eigenvalue weighted by Crippen LogP contribution is 2.23. The van der Waals surface area contributed by atoms with Crippen molar-refractivity contribution >= 4 is 11.3 Å². The van der Waals surface area contributed by atoms with E-state index in [0.717, 1.165) is 17.1 Å². The predicted molar refractivity (Wildman–Crippen MR) is 78.1 cm³/mol. The van der Waals surface area contributed by atoms with Crippen LogP contribution in [0.1, 0.15) is 34.0 Å². The maximum atomic E-state index is 6.31. The van der Waals surface area contributed by atoms with Gasteiger partial charge in [-0.05, 0) is 25.3 Å². The summed E-state index contributed by atoms with van der Waals surface area (Å²) in [7, 11) is 0. The van der Waals surface area contributed by atoms with Gasteiger partial charge in [0.15, 0.2) is 0 Å². The Balaban J connectivity index is 2.06. The largest absolute Gasteiger partial charge is 0.327 e. The summed E-state index contributed by atoms with van der Waals surface area (Å²) >= 11 is 1.76. The van der Waals surface area contributed by atoms with Crippen molar-refractivity contribution in [3.63, 3.8) is 0 Å². The van der Waals surface area contributed by atoms with Crippen molar-refractivity contribution in [3.8, 4) is 0 Å². The molecule has 0 aliphatic heterocycles. The van der Waals surface area contributed by atoms with Crippen LogP contribution in [0.4, 0.5) is 0 Å². The van der Waals surface area contributed by atoms with E-state index < -0.39 is 0 Å². The minimum absolute atomic E-state index is 0.123. The zero-order valence-corrected chi connectivity index (χ0v) is 12.0. The first-order valence-electron chi connectivity index (χ1n) is 6.31. The van der Waals surface area contributed by atoms with Crippen LogP contribution in [0, 0.1) is 13.8 Å². The summed E-state index contributed by atoms with van der Waals surface area (Å²) < 4.78 is 0. The molecule has 2 nitrogen and oxygen atoms in total. The van der Waals surface area contributed by atoms with Crippen molar-refractivity contribution in [1.82, 2.24) is 4.98 Å². The fraction of sp³-hybridized carbons (Fsp3) is 0.400.